The van der Waals surface area contributed by atoms with Crippen LogP contribution in [-0.2, 0) is 0 Å². The fraction of sp³-hybridized carbons (Fsp3) is 0.0833. The molecule has 0 saturated carbocycles. The Kier molecular flexibility index (Phi) is 2.98. The van der Waals surface area contributed by atoms with E-state index in [0.717, 1.165) is 16.7 Å². The summed E-state index contributed by atoms with van der Waals surface area (Å²) in [6.45, 7) is 4.25. The summed E-state index contributed by atoms with van der Waals surface area (Å²) in [5, 5.41) is 7.28. The van der Waals surface area contributed by atoms with Crippen LogP contribution in [0, 0.1) is 0 Å². The molecule has 0 aliphatic heterocycles. The summed E-state index contributed by atoms with van der Waals surface area (Å²) in [6.07, 6.45) is 2.21. The molecule has 25 heavy (non-hydrogen) atoms. The molecule has 120 valence electrons. The van der Waals surface area contributed by atoms with Crippen LogP contribution in [0.5, 0.6) is 0 Å². The molecule has 0 atom stereocenters. The predicted octanol–water partition coefficient (Wildman–Crippen LogP) is 7.32. The SMILES string of the molecule is CC(C)=Cc1cc2ccccc2c2c1oc1c3ccccc3ccc12. The van der Waals surface area contributed by atoms with Crippen molar-refractivity contribution in [2.24, 2.45) is 0 Å². The van der Waals surface area contributed by atoms with Crippen LogP contribution in [0.25, 0.3) is 49.6 Å². The van der Waals surface area contributed by atoms with Gasteiger partial charge in [0, 0.05) is 21.7 Å². The molecule has 0 amide bonds. The van der Waals surface area contributed by atoms with Gasteiger partial charge in [0.25, 0.3) is 0 Å². The van der Waals surface area contributed by atoms with Crippen LogP contribution in [0.15, 0.2) is 76.7 Å². The Bertz CT molecular complexity index is 1300. The molecule has 5 rings (SSSR count). The average molecular weight is 322 g/mol. The van der Waals surface area contributed by atoms with Gasteiger partial charge in [-0.25, -0.2) is 0 Å². The minimum absolute atomic E-state index is 0.978. The van der Waals surface area contributed by atoms with Gasteiger partial charge >= 0.3 is 0 Å². The molecule has 0 unspecified atom stereocenters. The Morgan fingerprint density at radius 1 is 0.720 bits per heavy atom. The fourth-order valence-electron chi connectivity index (χ4n) is 3.80. The van der Waals surface area contributed by atoms with Crippen molar-refractivity contribution in [2.75, 3.05) is 0 Å². The molecule has 1 heterocycles. The quantitative estimate of drug-likeness (QED) is 0.315. The molecule has 0 saturated heterocycles. The first kappa shape index (κ1) is 14.3. The lowest BCUT2D eigenvalue weighted by Gasteiger charge is -2.04. The Balaban J connectivity index is 2.08. The highest BCUT2D eigenvalue weighted by Gasteiger charge is 2.15. The summed E-state index contributed by atoms with van der Waals surface area (Å²) in [6, 6.07) is 23.6. The van der Waals surface area contributed by atoms with E-state index in [9.17, 15) is 0 Å². The standard InChI is InChI=1S/C24H18O/c1-15(2)13-18-14-17-8-4-5-9-19(17)22-21-12-11-16-7-3-6-10-20(16)24(21)25-23(18)22/h3-14H,1-2H3. The van der Waals surface area contributed by atoms with E-state index in [1.807, 2.05) is 0 Å². The van der Waals surface area contributed by atoms with Crippen LogP contribution in [0.1, 0.15) is 19.4 Å². The summed E-state index contributed by atoms with van der Waals surface area (Å²) < 4.78 is 6.46. The summed E-state index contributed by atoms with van der Waals surface area (Å²) in [5.74, 6) is 0. The molecule has 0 spiro atoms. The molecule has 0 aliphatic rings. The van der Waals surface area contributed by atoms with Gasteiger partial charge in [-0.2, -0.15) is 0 Å². The third-order valence-corrected chi connectivity index (χ3v) is 4.83. The van der Waals surface area contributed by atoms with Gasteiger partial charge in [-0.05, 0) is 42.1 Å². The highest BCUT2D eigenvalue weighted by atomic mass is 16.3. The van der Waals surface area contributed by atoms with Gasteiger partial charge in [0.1, 0.15) is 11.2 Å². The van der Waals surface area contributed by atoms with E-state index in [-0.39, 0.29) is 0 Å². The Morgan fingerprint density at radius 3 is 2.24 bits per heavy atom. The maximum atomic E-state index is 6.46. The first-order chi connectivity index (χ1) is 12.2. The van der Waals surface area contributed by atoms with E-state index in [2.05, 4.69) is 86.7 Å². The van der Waals surface area contributed by atoms with Crippen molar-refractivity contribution >= 4 is 49.6 Å². The second kappa shape index (κ2) is 5.22. The minimum atomic E-state index is 0.978. The molecule has 0 fully saturated rings. The number of furan rings is 1. The summed E-state index contributed by atoms with van der Waals surface area (Å²) in [7, 11) is 0. The number of hydrogen-bond donors (Lipinski definition) is 0. The van der Waals surface area contributed by atoms with E-state index in [4.69, 9.17) is 4.42 Å². The molecule has 1 heteroatoms. The number of allylic oxidation sites excluding steroid dienone is 1. The van der Waals surface area contributed by atoms with Gasteiger partial charge in [0.15, 0.2) is 0 Å². The van der Waals surface area contributed by atoms with Crippen LogP contribution in [0.3, 0.4) is 0 Å². The molecular formula is C24H18O. The number of hydrogen-bond acceptors (Lipinski definition) is 1. The molecule has 0 radical (unpaired) electrons. The zero-order valence-corrected chi connectivity index (χ0v) is 14.3. The number of benzene rings is 4. The number of fused-ring (bicyclic) bond motifs is 7. The van der Waals surface area contributed by atoms with Crippen LogP contribution < -0.4 is 0 Å². The van der Waals surface area contributed by atoms with Gasteiger partial charge < -0.3 is 4.42 Å². The van der Waals surface area contributed by atoms with Crippen molar-refractivity contribution in [2.45, 2.75) is 13.8 Å². The van der Waals surface area contributed by atoms with Crippen LogP contribution in [0.4, 0.5) is 0 Å². The normalized spacial score (nSPS) is 11.6. The molecule has 0 bridgehead atoms. The van der Waals surface area contributed by atoms with Crippen molar-refractivity contribution in [1.29, 1.82) is 0 Å². The summed E-state index contributed by atoms with van der Waals surface area (Å²) in [4.78, 5) is 0. The van der Waals surface area contributed by atoms with Crippen molar-refractivity contribution < 1.29 is 4.42 Å². The maximum absolute atomic E-state index is 6.46. The number of rotatable bonds is 1. The third-order valence-electron chi connectivity index (χ3n) is 4.83. The zero-order valence-electron chi connectivity index (χ0n) is 14.3. The molecule has 0 aliphatic carbocycles. The van der Waals surface area contributed by atoms with E-state index in [1.165, 1.54) is 37.9 Å². The van der Waals surface area contributed by atoms with Crippen molar-refractivity contribution in [3.63, 3.8) is 0 Å². The average Bonchev–Trinajstić information content (AvgIpc) is 3.02. The van der Waals surface area contributed by atoms with Gasteiger partial charge in [-0.15, -0.1) is 0 Å². The first-order valence-electron chi connectivity index (χ1n) is 8.63. The molecule has 5 aromatic rings. The van der Waals surface area contributed by atoms with Gasteiger partial charge in [0.2, 0.25) is 0 Å². The lowest BCUT2D eigenvalue weighted by atomic mass is 9.98. The Morgan fingerprint density at radius 2 is 1.44 bits per heavy atom. The van der Waals surface area contributed by atoms with E-state index in [0.29, 0.717) is 0 Å². The van der Waals surface area contributed by atoms with Gasteiger partial charge in [-0.1, -0.05) is 66.2 Å². The predicted molar refractivity (Wildman–Crippen MR) is 108 cm³/mol. The zero-order chi connectivity index (χ0) is 17.0. The first-order valence-corrected chi connectivity index (χ1v) is 8.63. The Labute approximate surface area is 146 Å². The molecule has 0 N–H and O–H groups in total. The fourth-order valence-corrected chi connectivity index (χ4v) is 3.80. The van der Waals surface area contributed by atoms with Crippen LogP contribution in [0.2, 0.25) is 0 Å². The van der Waals surface area contributed by atoms with Crippen molar-refractivity contribution in [3.8, 4) is 0 Å². The summed E-state index contributed by atoms with van der Waals surface area (Å²) >= 11 is 0. The van der Waals surface area contributed by atoms with Crippen molar-refractivity contribution in [1.82, 2.24) is 0 Å². The van der Waals surface area contributed by atoms with E-state index in [1.54, 1.807) is 0 Å². The summed E-state index contributed by atoms with van der Waals surface area (Å²) in [5.41, 5.74) is 4.37. The van der Waals surface area contributed by atoms with Gasteiger partial charge in [0.05, 0.1) is 0 Å². The highest BCUT2D eigenvalue weighted by Crippen LogP contribution is 2.40. The topological polar surface area (TPSA) is 13.1 Å². The van der Waals surface area contributed by atoms with Crippen LogP contribution >= 0.6 is 0 Å². The minimum Gasteiger partial charge on any atom is -0.455 e. The molecule has 1 aromatic heterocycles. The van der Waals surface area contributed by atoms with Crippen molar-refractivity contribution in [3.05, 3.63) is 77.9 Å². The van der Waals surface area contributed by atoms with E-state index >= 15 is 0 Å². The third kappa shape index (κ3) is 2.09. The van der Waals surface area contributed by atoms with Crippen LogP contribution in [-0.4, -0.2) is 0 Å². The maximum Gasteiger partial charge on any atom is 0.143 e. The second-order valence-corrected chi connectivity index (χ2v) is 6.88. The highest BCUT2D eigenvalue weighted by molar-refractivity contribution is 6.24. The second-order valence-electron chi connectivity index (χ2n) is 6.88. The monoisotopic (exact) mass is 322 g/mol. The largest absolute Gasteiger partial charge is 0.455 e. The van der Waals surface area contributed by atoms with E-state index < -0.39 is 0 Å². The lowest BCUT2D eigenvalue weighted by Crippen LogP contribution is -1.80. The molecular weight excluding hydrogens is 304 g/mol. The smallest absolute Gasteiger partial charge is 0.143 e. The molecule has 1 nitrogen and oxygen atoms in total. The van der Waals surface area contributed by atoms with Gasteiger partial charge in [-0.3, -0.25) is 0 Å². The lowest BCUT2D eigenvalue weighted by molar-refractivity contribution is 0.672. The molecule has 4 aromatic carbocycles. The Hall–Kier alpha value is -3.06.